The number of hydrogen-bond donors (Lipinski definition) is 2. The van der Waals surface area contributed by atoms with E-state index in [4.69, 9.17) is 9.84 Å². The molecule has 0 radical (unpaired) electrons. The molecule has 6 nitrogen and oxygen atoms in total. The van der Waals surface area contributed by atoms with Gasteiger partial charge in [-0.05, 0) is 49.2 Å². The largest absolute Gasteiger partial charge is 0.497 e. The minimum atomic E-state index is -0.341. The van der Waals surface area contributed by atoms with Crippen molar-refractivity contribution in [1.82, 2.24) is 15.1 Å². The number of para-hydroxylation sites is 1. The van der Waals surface area contributed by atoms with Gasteiger partial charge in [-0.25, -0.2) is 4.68 Å². The van der Waals surface area contributed by atoms with E-state index >= 15 is 0 Å². The number of rotatable bonds is 6. The zero-order chi connectivity index (χ0) is 20.9. The first kappa shape index (κ1) is 20.2. The molecule has 0 aliphatic heterocycles. The highest BCUT2D eigenvalue weighted by atomic mass is 16.5. The van der Waals surface area contributed by atoms with Crippen molar-refractivity contribution in [3.8, 4) is 22.7 Å². The highest BCUT2D eigenvalue weighted by molar-refractivity contribution is 6.00. The number of methoxy groups -OCH3 is 1. The molecule has 156 valence electrons. The van der Waals surface area contributed by atoms with E-state index in [1.165, 1.54) is 0 Å². The number of benzene rings is 2. The van der Waals surface area contributed by atoms with Crippen LogP contribution in [0.25, 0.3) is 16.9 Å². The van der Waals surface area contributed by atoms with Gasteiger partial charge in [-0.1, -0.05) is 31.0 Å². The van der Waals surface area contributed by atoms with Crippen molar-refractivity contribution in [3.05, 3.63) is 66.4 Å². The Kier molecular flexibility index (Phi) is 6.14. The monoisotopic (exact) mass is 405 g/mol. The molecule has 30 heavy (non-hydrogen) atoms. The number of aromatic nitrogens is 2. The lowest BCUT2D eigenvalue weighted by molar-refractivity contribution is 0.0663. The number of hydrogen-bond acceptors (Lipinski definition) is 4. The summed E-state index contributed by atoms with van der Waals surface area (Å²) in [4.78, 5) is 13.1. The van der Waals surface area contributed by atoms with Gasteiger partial charge in [0.1, 0.15) is 11.4 Å². The number of carbonyl (C=O) groups excluding carboxylic acids is 1. The van der Waals surface area contributed by atoms with Crippen LogP contribution in [0.5, 0.6) is 5.75 Å². The van der Waals surface area contributed by atoms with Gasteiger partial charge in [0.2, 0.25) is 0 Å². The van der Waals surface area contributed by atoms with Gasteiger partial charge in [0, 0.05) is 24.2 Å². The number of amides is 1. The highest BCUT2D eigenvalue weighted by Crippen LogP contribution is 2.27. The Morgan fingerprint density at radius 3 is 2.57 bits per heavy atom. The summed E-state index contributed by atoms with van der Waals surface area (Å²) < 4.78 is 6.97. The van der Waals surface area contributed by atoms with E-state index < -0.39 is 0 Å². The summed E-state index contributed by atoms with van der Waals surface area (Å²) in [6.07, 6.45) is 5.32. The quantitative estimate of drug-likeness (QED) is 0.654. The minimum absolute atomic E-state index is 0.108. The predicted octanol–water partition coefficient (Wildman–Crippen LogP) is 3.83. The molecule has 0 spiro atoms. The topological polar surface area (TPSA) is 76.4 Å². The Morgan fingerprint density at radius 2 is 1.87 bits per heavy atom. The van der Waals surface area contributed by atoms with Crippen LogP contribution in [-0.2, 0) is 0 Å². The number of carbonyl (C=O) groups is 1. The summed E-state index contributed by atoms with van der Waals surface area (Å²) >= 11 is 0. The first-order valence-electron chi connectivity index (χ1n) is 10.4. The van der Waals surface area contributed by atoms with Crippen molar-refractivity contribution >= 4 is 5.91 Å². The second kappa shape index (κ2) is 9.13. The first-order chi connectivity index (χ1) is 14.7. The van der Waals surface area contributed by atoms with Crippen molar-refractivity contribution in [3.63, 3.8) is 0 Å². The fraction of sp³-hybridized carbons (Fsp3) is 0.333. The zero-order valence-electron chi connectivity index (χ0n) is 17.1. The van der Waals surface area contributed by atoms with Crippen LogP contribution in [0.2, 0.25) is 0 Å². The second-order valence-corrected chi connectivity index (χ2v) is 7.72. The van der Waals surface area contributed by atoms with Crippen molar-refractivity contribution < 1.29 is 14.6 Å². The Bertz CT molecular complexity index is 983. The normalized spacial score (nSPS) is 18.7. The van der Waals surface area contributed by atoms with Crippen molar-refractivity contribution in [1.29, 1.82) is 0 Å². The molecule has 2 N–H and O–H groups in total. The maximum Gasteiger partial charge on any atom is 0.255 e. The van der Waals surface area contributed by atoms with Crippen LogP contribution in [0.4, 0.5) is 0 Å². The molecule has 1 aliphatic carbocycles. The number of ether oxygens (including phenoxy) is 1. The molecule has 0 saturated heterocycles. The molecule has 0 unspecified atom stereocenters. The molecule has 1 heterocycles. The SMILES string of the molecule is COc1ccc(-c2nn(-c3ccccc3)cc2C(=O)NC[C@H]2CCCC[C@@H]2O)cc1. The fourth-order valence-electron chi connectivity index (χ4n) is 3.96. The summed E-state index contributed by atoms with van der Waals surface area (Å²) in [7, 11) is 1.62. The van der Waals surface area contributed by atoms with Crippen LogP contribution < -0.4 is 10.1 Å². The maximum atomic E-state index is 13.1. The Labute approximate surface area is 176 Å². The fourth-order valence-corrected chi connectivity index (χ4v) is 3.96. The molecule has 2 aromatic carbocycles. The summed E-state index contributed by atoms with van der Waals surface area (Å²) in [6, 6.07) is 17.2. The Morgan fingerprint density at radius 1 is 1.13 bits per heavy atom. The average Bonchev–Trinajstić information content (AvgIpc) is 3.25. The van der Waals surface area contributed by atoms with Gasteiger partial charge < -0.3 is 15.2 Å². The molecule has 1 aromatic heterocycles. The molecule has 3 aromatic rings. The minimum Gasteiger partial charge on any atom is -0.497 e. The van der Waals surface area contributed by atoms with Gasteiger partial charge in [0.25, 0.3) is 5.91 Å². The molecule has 2 atom stereocenters. The first-order valence-corrected chi connectivity index (χ1v) is 10.4. The van der Waals surface area contributed by atoms with Crippen LogP contribution in [0.1, 0.15) is 36.0 Å². The van der Waals surface area contributed by atoms with E-state index in [2.05, 4.69) is 5.32 Å². The lowest BCUT2D eigenvalue weighted by Gasteiger charge is -2.27. The second-order valence-electron chi connectivity index (χ2n) is 7.72. The summed E-state index contributed by atoms with van der Waals surface area (Å²) in [5, 5.41) is 17.9. The third-order valence-electron chi connectivity index (χ3n) is 5.74. The van der Waals surface area contributed by atoms with Crippen molar-refractivity contribution in [2.24, 2.45) is 5.92 Å². The molecular formula is C24H27N3O3. The molecule has 1 fully saturated rings. The molecule has 1 amide bonds. The Balaban J connectivity index is 1.62. The maximum absolute atomic E-state index is 13.1. The molecule has 6 heteroatoms. The lowest BCUT2D eigenvalue weighted by atomic mass is 9.86. The molecule has 1 aliphatic rings. The van der Waals surface area contributed by atoms with E-state index in [0.29, 0.717) is 17.8 Å². The van der Waals surface area contributed by atoms with Gasteiger partial charge in [-0.15, -0.1) is 0 Å². The predicted molar refractivity (Wildman–Crippen MR) is 116 cm³/mol. The number of aliphatic hydroxyl groups excluding tert-OH is 1. The van der Waals surface area contributed by atoms with Gasteiger partial charge in [0.15, 0.2) is 0 Å². The molecule has 0 bridgehead atoms. The molecule has 4 rings (SSSR count). The standard InChI is InChI=1S/C24H27N3O3/c1-30-20-13-11-17(12-14-20)23-21(16-27(26-23)19-8-3-2-4-9-19)24(29)25-15-18-7-5-6-10-22(18)28/h2-4,8-9,11-14,16,18,22,28H,5-7,10,15H2,1H3,(H,25,29)/t18-,22+/m1/s1. The molecular weight excluding hydrogens is 378 g/mol. The van der Waals surface area contributed by atoms with E-state index in [1.54, 1.807) is 18.0 Å². The van der Waals surface area contributed by atoms with Crippen LogP contribution in [0.15, 0.2) is 60.8 Å². The average molecular weight is 405 g/mol. The van der Waals surface area contributed by atoms with E-state index in [0.717, 1.165) is 42.7 Å². The van der Waals surface area contributed by atoms with Crippen molar-refractivity contribution in [2.45, 2.75) is 31.8 Å². The number of nitrogens with zero attached hydrogens (tertiary/aromatic N) is 2. The van der Waals surface area contributed by atoms with Gasteiger partial charge in [-0.3, -0.25) is 4.79 Å². The van der Waals surface area contributed by atoms with E-state index in [9.17, 15) is 9.90 Å². The van der Waals surface area contributed by atoms with Gasteiger partial charge in [-0.2, -0.15) is 5.10 Å². The van der Waals surface area contributed by atoms with E-state index in [-0.39, 0.29) is 17.9 Å². The lowest BCUT2D eigenvalue weighted by Crippen LogP contribution is -2.36. The molecule has 1 saturated carbocycles. The van der Waals surface area contributed by atoms with Crippen LogP contribution in [0.3, 0.4) is 0 Å². The summed E-state index contributed by atoms with van der Waals surface area (Å²) in [5.41, 5.74) is 2.85. The van der Waals surface area contributed by atoms with Crippen LogP contribution >= 0.6 is 0 Å². The third-order valence-corrected chi connectivity index (χ3v) is 5.74. The van der Waals surface area contributed by atoms with Crippen LogP contribution in [-0.4, -0.2) is 40.6 Å². The summed E-state index contributed by atoms with van der Waals surface area (Å²) in [5.74, 6) is 0.676. The number of aliphatic hydroxyl groups is 1. The zero-order valence-corrected chi connectivity index (χ0v) is 17.1. The van der Waals surface area contributed by atoms with Gasteiger partial charge >= 0.3 is 0 Å². The number of nitrogens with one attached hydrogen (secondary N) is 1. The van der Waals surface area contributed by atoms with Crippen LogP contribution in [0, 0.1) is 5.92 Å². The third kappa shape index (κ3) is 4.39. The van der Waals surface area contributed by atoms with Gasteiger partial charge in [0.05, 0.1) is 24.5 Å². The summed E-state index contributed by atoms with van der Waals surface area (Å²) in [6.45, 7) is 0.471. The Hall–Kier alpha value is -3.12. The van der Waals surface area contributed by atoms with E-state index in [1.807, 2.05) is 54.6 Å². The van der Waals surface area contributed by atoms with Crippen molar-refractivity contribution in [2.75, 3.05) is 13.7 Å². The highest BCUT2D eigenvalue weighted by Gasteiger charge is 2.25. The smallest absolute Gasteiger partial charge is 0.255 e.